The number of halogens is 4. The smallest absolute Gasteiger partial charge is 0.242 e. The summed E-state index contributed by atoms with van der Waals surface area (Å²) in [6, 6.07) is 59.2. The molecule has 0 atom stereocenters. The van der Waals surface area contributed by atoms with Gasteiger partial charge < -0.3 is 42.3 Å². The number of oxazole rings is 1. The first-order valence-corrected chi connectivity index (χ1v) is 45.6. The molecule has 4 aliphatic heterocycles. The molecule has 0 aliphatic carbocycles. The Kier molecular flexibility index (Phi) is 26.6. The number of nitrogens with zero attached hydrogens (tertiary/aromatic N) is 16. The van der Waals surface area contributed by atoms with Crippen LogP contribution in [-0.4, -0.2) is 147 Å². The second-order valence-corrected chi connectivity index (χ2v) is 35.7. The van der Waals surface area contributed by atoms with Crippen molar-refractivity contribution in [3.8, 4) is 90.6 Å². The van der Waals surface area contributed by atoms with Gasteiger partial charge in [-0.05, 0) is 130 Å². The van der Waals surface area contributed by atoms with Gasteiger partial charge in [0.2, 0.25) is 23.6 Å². The molecule has 0 saturated heterocycles. The van der Waals surface area contributed by atoms with Crippen LogP contribution in [0.1, 0.15) is 76.3 Å². The van der Waals surface area contributed by atoms with Gasteiger partial charge in [0, 0.05) is 182 Å². The highest BCUT2D eigenvalue weighted by Gasteiger charge is 2.30. The lowest BCUT2D eigenvalue weighted by molar-refractivity contribution is -0.133. The van der Waals surface area contributed by atoms with Crippen molar-refractivity contribution in [3.05, 3.63) is 330 Å². The van der Waals surface area contributed by atoms with Gasteiger partial charge in [0.1, 0.15) is 78.5 Å². The maximum Gasteiger partial charge on any atom is 0.242 e. The Morgan fingerprint density at radius 1 is 0.326 bits per heavy atom. The van der Waals surface area contributed by atoms with E-state index < -0.39 is 0 Å². The van der Waals surface area contributed by atoms with E-state index in [4.69, 9.17) is 24.4 Å². The van der Waals surface area contributed by atoms with Crippen LogP contribution in [0.15, 0.2) is 234 Å². The molecule has 0 N–H and O–H groups in total. The number of amides is 4. The highest BCUT2D eigenvalue weighted by Crippen LogP contribution is 2.35. The van der Waals surface area contributed by atoms with Gasteiger partial charge in [-0.3, -0.25) is 19.2 Å². The molecule has 129 heavy (non-hydrogen) atoms. The van der Waals surface area contributed by atoms with E-state index in [9.17, 15) is 36.7 Å². The van der Waals surface area contributed by atoms with E-state index in [-0.39, 0.29) is 73.1 Å². The number of hydrogen-bond acceptors (Lipinski definition) is 16. The van der Waals surface area contributed by atoms with Crippen LogP contribution >= 0.6 is 34.0 Å². The third-order valence-electron chi connectivity index (χ3n) is 23.5. The van der Waals surface area contributed by atoms with Gasteiger partial charge in [-0.15, -0.1) is 34.0 Å². The summed E-state index contributed by atoms with van der Waals surface area (Å²) in [4.78, 5) is 101. The summed E-state index contributed by atoms with van der Waals surface area (Å²) in [5, 5.41) is 1.05. The average molecular weight is 1780 g/mol. The molecule has 0 fully saturated rings. The first-order chi connectivity index (χ1) is 62.6. The molecule has 4 aliphatic rings. The predicted molar refractivity (Wildman–Crippen MR) is 495 cm³/mol. The summed E-state index contributed by atoms with van der Waals surface area (Å²) in [6.07, 6.45) is 13.0. The molecule has 8 aromatic heterocycles. The maximum absolute atomic E-state index is 13.8. The number of aryl methyl sites for hydroxylation is 6. The van der Waals surface area contributed by atoms with E-state index in [1.807, 2.05) is 209 Å². The van der Waals surface area contributed by atoms with E-state index in [1.54, 1.807) is 110 Å². The summed E-state index contributed by atoms with van der Waals surface area (Å²) >= 11 is 5.00. The molecule has 654 valence electrons. The van der Waals surface area contributed by atoms with Crippen molar-refractivity contribution in [2.24, 2.45) is 0 Å². The lowest BCUT2D eigenvalue weighted by atomic mass is 10.1. The van der Waals surface area contributed by atoms with E-state index >= 15 is 0 Å². The summed E-state index contributed by atoms with van der Waals surface area (Å²) in [6.45, 7) is 16.8. The van der Waals surface area contributed by atoms with Crippen LogP contribution in [0.3, 0.4) is 0 Å². The molecule has 8 aromatic carbocycles. The molecule has 4 amide bonds. The zero-order valence-corrected chi connectivity index (χ0v) is 74.8. The predicted octanol–water partition coefficient (Wildman–Crippen LogP) is 19.1. The summed E-state index contributed by atoms with van der Waals surface area (Å²) in [5.41, 5.74) is 20.3. The minimum Gasteiger partial charge on any atom is -0.446 e. The van der Waals surface area contributed by atoms with Crippen molar-refractivity contribution < 1.29 is 41.2 Å². The Labute approximate surface area is 756 Å². The molecular formula is C101H94F4N16O5S3. The van der Waals surface area contributed by atoms with Gasteiger partial charge in [-0.2, -0.15) is 0 Å². The highest BCUT2D eigenvalue weighted by atomic mass is 32.1. The van der Waals surface area contributed by atoms with Gasteiger partial charge in [0.05, 0.1) is 68.1 Å². The van der Waals surface area contributed by atoms with Crippen molar-refractivity contribution >= 4 is 57.6 Å². The number of benzene rings is 8. The van der Waals surface area contributed by atoms with Crippen LogP contribution in [0.25, 0.3) is 90.6 Å². The Balaban J connectivity index is 0.000000121. The zero-order valence-electron chi connectivity index (χ0n) is 72.3. The highest BCUT2D eigenvalue weighted by molar-refractivity contribution is 7.11. The fourth-order valence-corrected chi connectivity index (χ4v) is 19.1. The number of carbonyl (C=O) groups excluding carboxylic acids is 4. The maximum atomic E-state index is 13.8. The number of thiazole rings is 3. The van der Waals surface area contributed by atoms with Crippen LogP contribution in [0.5, 0.6) is 0 Å². The van der Waals surface area contributed by atoms with Crippen molar-refractivity contribution in [1.29, 1.82) is 0 Å². The van der Waals surface area contributed by atoms with E-state index in [0.717, 1.165) is 145 Å². The first-order valence-electron chi connectivity index (χ1n) is 43.0. The Hall–Kier alpha value is -13.7. The molecule has 16 aromatic rings. The van der Waals surface area contributed by atoms with Gasteiger partial charge in [0.25, 0.3) is 0 Å². The molecule has 21 nitrogen and oxygen atoms in total. The molecule has 28 heteroatoms. The van der Waals surface area contributed by atoms with Crippen LogP contribution < -0.4 is 0 Å². The SMILES string of the molecule is Cc1cc(-c2cn(CC(=O)N3CCc4ncsc4CC3)c(-c3ccccc3)n2)ccc1F.Cc1cc(-c2cn(CC(=O)N3CCc4ncsc4CC3)c(-c3ccccc3)n2)ccc1F.Cc1nc2c(o1)CCN(C(=O)Cn1cc(-c3ccc(F)c(C)c3)nc1-c1ccccc1)CC2.Cc1nc2c(s1)CN(C(=O)Cn1cc(-c3ccc(F)c(C)c3)nc1-c1ccccc1)CC2. The number of fused-ring (bicyclic) bond motifs is 4. The number of carbonyl (C=O) groups is 4. The Morgan fingerprint density at radius 2 is 0.628 bits per heavy atom. The molecule has 12 heterocycles. The number of hydrogen-bond donors (Lipinski definition) is 0. The zero-order chi connectivity index (χ0) is 89.3. The molecule has 0 spiro atoms. The van der Waals surface area contributed by atoms with E-state index in [1.165, 1.54) is 38.9 Å². The van der Waals surface area contributed by atoms with Crippen LogP contribution in [0.2, 0.25) is 0 Å². The number of rotatable bonds is 16. The van der Waals surface area contributed by atoms with Gasteiger partial charge in [0.15, 0.2) is 5.89 Å². The monoisotopic (exact) mass is 1780 g/mol. The van der Waals surface area contributed by atoms with Gasteiger partial charge in [-0.25, -0.2) is 57.4 Å². The first kappa shape index (κ1) is 87.4. The van der Waals surface area contributed by atoms with Crippen LogP contribution in [0.4, 0.5) is 17.6 Å². The normalized spacial score (nSPS) is 13.5. The second-order valence-electron chi connectivity index (χ2n) is 32.5. The van der Waals surface area contributed by atoms with Gasteiger partial charge in [-0.1, -0.05) is 121 Å². The Bertz CT molecular complexity index is 6470. The second kappa shape index (κ2) is 39.3. The van der Waals surface area contributed by atoms with Crippen molar-refractivity contribution in [1.82, 2.24) is 77.7 Å². The summed E-state index contributed by atoms with van der Waals surface area (Å²) in [5.74, 6) is 3.68. The fourth-order valence-electron chi connectivity index (χ4n) is 16.5. The Morgan fingerprint density at radius 3 is 0.969 bits per heavy atom. The van der Waals surface area contributed by atoms with Crippen molar-refractivity contribution in [2.45, 2.75) is 119 Å². The third kappa shape index (κ3) is 20.5. The number of imidazole rings is 4. The molecule has 20 rings (SSSR count). The topological polar surface area (TPSA) is 217 Å². The van der Waals surface area contributed by atoms with E-state index in [2.05, 4.69) is 19.9 Å². The van der Waals surface area contributed by atoms with Crippen LogP contribution in [0, 0.1) is 64.8 Å². The lowest BCUT2D eigenvalue weighted by Crippen LogP contribution is -2.37. The molecule has 0 saturated carbocycles. The molecular weight excluding hydrogens is 1690 g/mol. The lowest BCUT2D eigenvalue weighted by Gasteiger charge is -2.26. The van der Waals surface area contributed by atoms with Crippen molar-refractivity contribution in [2.75, 3.05) is 45.8 Å². The fraction of sp³-hybridized carbons (Fsp3) is 0.248. The standard InChI is InChI=1S/C26H25FN4O2.3C25H23FN4OS/c1-17-14-20(8-9-21(17)27)23-15-31(26(29-23)19-6-4-3-5-7-19)16-25(32)30-12-10-22-24(11-13-30)33-18(2)28-22;1-16-12-19(8-9-20(16)26)22-13-30(25(28-22)18-6-4-3-5-7-18)15-24(31)29-11-10-21-23(14-29)32-17(2)27-21;2*1-17-13-19(7-8-20(17)26)22-14-30(25(28-22)18-5-3-2-4-6-18)15-24(31)29-11-9-21-23(10-12-29)32-16-27-21/h3-9,14-15H,10-13,16H2,1-2H3;3-9,12-13H,10-11,14-15H2,1-2H3;2*2-8,13-14,16H,9-12,15H2,1H3. The molecule has 0 radical (unpaired) electrons. The molecule has 0 unspecified atom stereocenters. The largest absolute Gasteiger partial charge is 0.446 e. The quantitative estimate of drug-likeness (QED) is 0.0823. The van der Waals surface area contributed by atoms with Crippen molar-refractivity contribution in [3.63, 3.8) is 0 Å². The summed E-state index contributed by atoms with van der Waals surface area (Å²) in [7, 11) is 0. The van der Waals surface area contributed by atoms with Crippen LogP contribution in [-0.2, 0) is 96.8 Å². The van der Waals surface area contributed by atoms with Gasteiger partial charge >= 0.3 is 0 Å². The van der Waals surface area contributed by atoms with E-state index in [0.29, 0.717) is 105 Å². The third-order valence-corrected chi connectivity index (χ3v) is 26.4. The number of aromatic nitrogens is 12. The minimum atomic E-state index is -0.248. The minimum absolute atomic E-state index is 0.0216. The molecule has 0 bridgehead atoms. The average Bonchev–Trinajstić information content (AvgIpc) is 1.65. The summed E-state index contributed by atoms with van der Waals surface area (Å²) < 4.78 is 68.4.